The largest absolute Gasteiger partial charge is 0.507 e. The fourth-order valence-electron chi connectivity index (χ4n) is 1.69. The Balaban J connectivity index is 2.35. The van der Waals surface area contributed by atoms with Crippen LogP contribution in [0.4, 0.5) is 5.00 Å². The fourth-order valence-corrected chi connectivity index (χ4v) is 2.59. The van der Waals surface area contributed by atoms with Crippen LogP contribution in [0.2, 0.25) is 0 Å². The van der Waals surface area contributed by atoms with Crippen LogP contribution in [-0.2, 0) is 0 Å². The Labute approximate surface area is 117 Å². The molecule has 6 nitrogen and oxygen atoms in total. The number of carboxylic acid groups (broad SMARTS) is 1. The van der Waals surface area contributed by atoms with Crippen molar-refractivity contribution in [1.29, 1.82) is 0 Å². The zero-order chi connectivity index (χ0) is 14.9. The van der Waals surface area contributed by atoms with Gasteiger partial charge in [0, 0.05) is 4.88 Å². The zero-order valence-electron chi connectivity index (χ0n) is 10.4. The number of anilines is 1. The van der Waals surface area contributed by atoms with Crippen LogP contribution in [0.15, 0.2) is 24.3 Å². The number of carbonyl (C=O) groups is 2. The van der Waals surface area contributed by atoms with E-state index in [0.717, 1.165) is 16.2 Å². The topological polar surface area (TPSA) is 107 Å². The second kappa shape index (κ2) is 5.22. The van der Waals surface area contributed by atoms with Crippen LogP contribution in [-0.4, -0.2) is 27.2 Å². The van der Waals surface area contributed by atoms with Gasteiger partial charge in [-0.3, -0.25) is 4.79 Å². The van der Waals surface area contributed by atoms with E-state index in [2.05, 4.69) is 5.32 Å². The number of aromatic hydroxyl groups is 2. The summed E-state index contributed by atoms with van der Waals surface area (Å²) in [6.07, 6.45) is 0. The van der Waals surface area contributed by atoms with Crippen molar-refractivity contribution in [3.05, 3.63) is 40.3 Å². The summed E-state index contributed by atoms with van der Waals surface area (Å²) in [6.45, 7) is 1.71. The normalized spacial score (nSPS) is 10.2. The smallest absolute Gasteiger partial charge is 0.338 e. The molecule has 0 saturated carbocycles. The lowest BCUT2D eigenvalue weighted by atomic mass is 10.1. The Bertz CT molecular complexity index is 672. The highest BCUT2D eigenvalue weighted by Gasteiger charge is 2.20. The third kappa shape index (κ3) is 2.57. The van der Waals surface area contributed by atoms with Gasteiger partial charge >= 0.3 is 5.97 Å². The van der Waals surface area contributed by atoms with Crippen LogP contribution in [0, 0.1) is 6.92 Å². The monoisotopic (exact) mass is 293 g/mol. The number of rotatable bonds is 3. The zero-order valence-corrected chi connectivity index (χ0v) is 11.2. The van der Waals surface area contributed by atoms with E-state index in [1.54, 1.807) is 6.92 Å². The Morgan fingerprint density at radius 2 is 1.80 bits per heavy atom. The van der Waals surface area contributed by atoms with Crippen LogP contribution < -0.4 is 5.32 Å². The molecule has 7 heteroatoms. The minimum atomic E-state index is -1.16. The summed E-state index contributed by atoms with van der Waals surface area (Å²) in [5, 5.41) is 30.8. The van der Waals surface area contributed by atoms with Gasteiger partial charge in [-0.2, -0.15) is 0 Å². The molecule has 20 heavy (non-hydrogen) atoms. The summed E-state index contributed by atoms with van der Waals surface area (Å²) in [5.74, 6) is -2.70. The molecular formula is C13H11NO5S. The minimum absolute atomic E-state index is 0.0317. The minimum Gasteiger partial charge on any atom is -0.507 e. The number of benzene rings is 1. The van der Waals surface area contributed by atoms with Crippen molar-refractivity contribution < 1.29 is 24.9 Å². The van der Waals surface area contributed by atoms with E-state index in [4.69, 9.17) is 5.11 Å². The third-order valence-corrected chi connectivity index (χ3v) is 3.53. The maximum Gasteiger partial charge on any atom is 0.338 e. The van der Waals surface area contributed by atoms with Gasteiger partial charge in [0.2, 0.25) is 0 Å². The lowest BCUT2D eigenvalue weighted by Gasteiger charge is -2.07. The Morgan fingerprint density at radius 3 is 2.35 bits per heavy atom. The molecule has 0 unspecified atom stereocenters. The second-order valence-corrected chi connectivity index (χ2v) is 5.29. The van der Waals surface area contributed by atoms with Gasteiger partial charge in [0.05, 0.1) is 5.56 Å². The summed E-state index contributed by atoms with van der Waals surface area (Å²) in [7, 11) is 0. The van der Waals surface area contributed by atoms with Gasteiger partial charge in [-0.15, -0.1) is 11.3 Å². The van der Waals surface area contributed by atoms with Gasteiger partial charge in [-0.25, -0.2) is 4.79 Å². The Kier molecular flexibility index (Phi) is 3.62. The van der Waals surface area contributed by atoms with E-state index in [0.29, 0.717) is 0 Å². The number of carboxylic acids is 1. The van der Waals surface area contributed by atoms with Gasteiger partial charge in [-0.1, -0.05) is 6.07 Å². The maximum absolute atomic E-state index is 12.0. The highest BCUT2D eigenvalue weighted by atomic mass is 32.1. The molecule has 1 aromatic carbocycles. The summed E-state index contributed by atoms with van der Waals surface area (Å²) in [6, 6.07) is 5.34. The van der Waals surface area contributed by atoms with Gasteiger partial charge < -0.3 is 20.6 Å². The molecule has 0 bridgehead atoms. The van der Waals surface area contributed by atoms with E-state index in [1.165, 1.54) is 24.3 Å². The molecule has 2 rings (SSSR count). The number of carbonyl (C=O) groups excluding carboxylic acids is 1. The van der Waals surface area contributed by atoms with Gasteiger partial charge in [0.1, 0.15) is 22.1 Å². The number of phenolic OH excluding ortho intramolecular Hbond substituents is 2. The lowest BCUT2D eigenvalue weighted by molar-refractivity contribution is 0.0698. The van der Waals surface area contributed by atoms with Crippen LogP contribution in [0.25, 0.3) is 0 Å². The Morgan fingerprint density at radius 1 is 1.20 bits per heavy atom. The molecule has 0 aliphatic rings. The highest BCUT2D eigenvalue weighted by Crippen LogP contribution is 2.31. The molecule has 2 aromatic rings. The molecule has 1 heterocycles. The first-order valence-electron chi connectivity index (χ1n) is 5.56. The summed E-state index contributed by atoms with van der Waals surface area (Å²) >= 11 is 1.10. The third-order valence-electron chi connectivity index (χ3n) is 2.56. The number of thiophene rings is 1. The average molecular weight is 293 g/mol. The van der Waals surface area contributed by atoms with Crippen molar-refractivity contribution in [3.63, 3.8) is 0 Å². The molecule has 104 valence electrons. The summed E-state index contributed by atoms with van der Waals surface area (Å²) in [4.78, 5) is 23.8. The number of aromatic carboxylic acids is 1. The molecule has 0 aliphatic heterocycles. The quantitative estimate of drug-likeness (QED) is 0.695. The Hall–Kier alpha value is -2.54. The molecular weight excluding hydrogens is 282 g/mol. The van der Waals surface area contributed by atoms with Crippen molar-refractivity contribution in [3.8, 4) is 11.5 Å². The second-order valence-electron chi connectivity index (χ2n) is 4.03. The van der Waals surface area contributed by atoms with Crippen molar-refractivity contribution >= 4 is 28.2 Å². The molecule has 0 spiro atoms. The molecule has 0 atom stereocenters. The van der Waals surface area contributed by atoms with Gasteiger partial charge in [-0.05, 0) is 25.1 Å². The van der Waals surface area contributed by atoms with E-state index in [1.807, 2.05) is 0 Å². The maximum atomic E-state index is 12.0. The fraction of sp³-hybridized carbons (Fsp3) is 0.0769. The van der Waals surface area contributed by atoms with E-state index >= 15 is 0 Å². The lowest BCUT2D eigenvalue weighted by Crippen LogP contribution is -2.13. The van der Waals surface area contributed by atoms with E-state index in [-0.39, 0.29) is 27.6 Å². The number of nitrogens with one attached hydrogen (secondary N) is 1. The predicted octanol–water partition coefficient (Wildman–Crippen LogP) is 2.42. The number of aryl methyl sites for hydroxylation is 1. The predicted molar refractivity (Wildman–Crippen MR) is 73.7 cm³/mol. The first-order valence-corrected chi connectivity index (χ1v) is 6.38. The van der Waals surface area contributed by atoms with Crippen LogP contribution >= 0.6 is 11.3 Å². The summed E-state index contributed by atoms with van der Waals surface area (Å²) < 4.78 is 0. The van der Waals surface area contributed by atoms with Crippen LogP contribution in [0.3, 0.4) is 0 Å². The highest BCUT2D eigenvalue weighted by molar-refractivity contribution is 7.16. The molecule has 0 radical (unpaired) electrons. The van der Waals surface area contributed by atoms with E-state index in [9.17, 15) is 19.8 Å². The number of phenols is 2. The molecule has 0 fully saturated rings. The number of hydrogen-bond donors (Lipinski definition) is 4. The van der Waals surface area contributed by atoms with E-state index < -0.39 is 11.9 Å². The van der Waals surface area contributed by atoms with Crippen molar-refractivity contribution in [2.45, 2.75) is 6.92 Å². The summed E-state index contributed by atoms with van der Waals surface area (Å²) in [5.41, 5.74) is -0.328. The molecule has 0 saturated heterocycles. The van der Waals surface area contributed by atoms with Crippen molar-refractivity contribution in [2.24, 2.45) is 0 Å². The molecule has 4 N–H and O–H groups in total. The first-order chi connectivity index (χ1) is 9.40. The average Bonchev–Trinajstić information content (AvgIpc) is 2.70. The molecule has 1 aromatic heterocycles. The number of hydrogen-bond acceptors (Lipinski definition) is 5. The SMILES string of the molecule is Cc1cc(C(=O)O)c(NC(=O)c2c(O)cccc2O)s1. The van der Waals surface area contributed by atoms with Crippen molar-refractivity contribution in [2.75, 3.05) is 5.32 Å². The van der Waals surface area contributed by atoms with Gasteiger partial charge in [0.25, 0.3) is 5.91 Å². The van der Waals surface area contributed by atoms with Crippen molar-refractivity contribution in [1.82, 2.24) is 0 Å². The molecule has 1 amide bonds. The van der Waals surface area contributed by atoms with Gasteiger partial charge in [0.15, 0.2) is 0 Å². The van der Waals surface area contributed by atoms with Crippen LogP contribution in [0.5, 0.6) is 11.5 Å². The molecule has 0 aliphatic carbocycles. The first kappa shape index (κ1) is 13.9. The van der Waals surface area contributed by atoms with Crippen LogP contribution in [0.1, 0.15) is 25.6 Å². The number of amides is 1. The standard InChI is InChI=1S/C13H11NO5S/c1-6-5-7(13(18)19)12(20-6)14-11(17)10-8(15)3-2-4-9(10)16/h2-5,15-16H,1H3,(H,14,17)(H,18,19).